The van der Waals surface area contributed by atoms with E-state index in [1.807, 2.05) is 0 Å². The summed E-state index contributed by atoms with van der Waals surface area (Å²) in [6, 6.07) is 4.83. The molecule has 1 aliphatic carbocycles. The second-order valence-electron chi connectivity index (χ2n) is 3.78. The van der Waals surface area contributed by atoms with Crippen molar-refractivity contribution in [1.82, 2.24) is 0 Å². The average Bonchev–Trinajstić information content (AvgIpc) is 2.35. The molecule has 0 radical (unpaired) electrons. The van der Waals surface area contributed by atoms with Gasteiger partial charge in [-0.2, -0.15) is 0 Å². The minimum absolute atomic E-state index is 0.291. The molecule has 1 aliphatic rings. The Morgan fingerprint density at radius 1 is 1.25 bits per heavy atom. The van der Waals surface area contributed by atoms with Gasteiger partial charge in [-0.25, -0.2) is 0 Å². The van der Waals surface area contributed by atoms with Gasteiger partial charge in [-0.05, 0) is 48.9 Å². The monoisotopic (exact) mass is 161 g/mol. The standard InChI is InChI=1S/C11H15N/c1-7-5-9-3-4-11(12)10(9)6-8(7)2/h5-6,11H,3-4,12H2,1-2H3/t11-/m0/s1. The maximum absolute atomic E-state index is 5.97. The highest BCUT2D eigenvalue weighted by atomic mass is 14.6. The smallest absolute Gasteiger partial charge is 0.0300 e. The molecule has 0 saturated carbocycles. The molecule has 0 aromatic heterocycles. The zero-order valence-electron chi connectivity index (χ0n) is 7.72. The quantitative estimate of drug-likeness (QED) is 0.620. The summed E-state index contributed by atoms with van der Waals surface area (Å²) in [7, 11) is 0. The number of aryl methyl sites for hydroxylation is 3. The summed E-state index contributed by atoms with van der Waals surface area (Å²) in [4.78, 5) is 0. The van der Waals surface area contributed by atoms with E-state index in [1.54, 1.807) is 0 Å². The molecule has 0 fully saturated rings. The third-order valence-corrected chi connectivity index (χ3v) is 2.88. The van der Waals surface area contributed by atoms with Crippen LogP contribution in [0, 0.1) is 13.8 Å². The first-order chi connectivity index (χ1) is 5.68. The van der Waals surface area contributed by atoms with Crippen molar-refractivity contribution >= 4 is 0 Å². The van der Waals surface area contributed by atoms with Crippen molar-refractivity contribution in [3.05, 3.63) is 34.4 Å². The van der Waals surface area contributed by atoms with Gasteiger partial charge in [0.1, 0.15) is 0 Å². The van der Waals surface area contributed by atoms with Crippen LogP contribution in [0.25, 0.3) is 0 Å². The number of fused-ring (bicyclic) bond motifs is 1. The fourth-order valence-electron chi connectivity index (χ4n) is 1.93. The van der Waals surface area contributed by atoms with E-state index in [9.17, 15) is 0 Å². The van der Waals surface area contributed by atoms with Crippen molar-refractivity contribution < 1.29 is 0 Å². The summed E-state index contributed by atoms with van der Waals surface area (Å²) < 4.78 is 0. The van der Waals surface area contributed by atoms with E-state index in [-0.39, 0.29) is 0 Å². The molecular formula is C11H15N. The van der Waals surface area contributed by atoms with Gasteiger partial charge in [0.2, 0.25) is 0 Å². The van der Waals surface area contributed by atoms with Crippen LogP contribution >= 0.6 is 0 Å². The molecule has 1 nitrogen and oxygen atoms in total. The average molecular weight is 161 g/mol. The van der Waals surface area contributed by atoms with E-state index < -0.39 is 0 Å². The molecule has 0 amide bonds. The van der Waals surface area contributed by atoms with Crippen LogP contribution in [0.1, 0.15) is 34.7 Å². The molecular weight excluding hydrogens is 146 g/mol. The van der Waals surface area contributed by atoms with Gasteiger partial charge in [-0.15, -0.1) is 0 Å². The lowest BCUT2D eigenvalue weighted by atomic mass is 10.0. The number of nitrogens with two attached hydrogens (primary N) is 1. The summed E-state index contributed by atoms with van der Waals surface area (Å²) >= 11 is 0. The van der Waals surface area contributed by atoms with Crippen molar-refractivity contribution in [2.24, 2.45) is 5.73 Å². The zero-order chi connectivity index (χ0) is 8.72. The first kappa shape index (κ1) is 7.81. The van der Waals surface area contributed by atoms with Crippen molar-refractivity contribution in [3.63, 3.8) is 0 Å². The molecule has 0 aliphatic heterocycles. The lowest BCUT2D eigenvalue weighted by Crippen LogP contribution is -2.05. The van der Waals surface area contributed by atoms with Crippen molar-refractivity contribution in [1.29, 1.82) is 0 Å². The Labute approximate surface area is 73.6 Å². The molecule has 64 valence electrons. The maximum atomic E-state index is 5.97. The topological polar surface area (TPSA) is 26.0 Å². The van der Waals surface area contributed by atoms with Gasteiger partial charge in [0.15, 0.2) is 0 Å². The van der Waals surface area contributed by atoms with Crippen molar-refractivity contribution in [3.8, 4) is 0 Å². The Bertz CT molecular complexity index is 315. The maximum Gasteiger partial charge on any atom is 0.0300 e. The minimum Gasteiger partial charge on any atom is -0.324 e. The lowest BCUT2D eigenvalue weighted by Gasteiger charge is -2.07. The van der Waals surface area contributed by atoms with Crippen LogP contribution in [0.2, 0.25) is 0 Å². The van der Waals surface area contributed by atoms with E-state index in [0.717, 1.165) is 12.8 Å². The van der Waals surface area contributed by atoms with Crippen molar-refractivity contribution in [2.45, 2.75) is 32.7 Å². The largest absolute Gasteiger partial charge is 0.324 e. The van der Waals surface area contributed by atoms with E-state index in [0.29, 0.717) is 6.04 Å². The SMILES string of the molecule is Cc1cc2c(cc1C)[C@@H](N)CC2. The number of hydrogen-bond acceptors (Lipinski definition) is 1. The molecule has 1 aromatic carbocycles. The molecule has 0 heterocycles. The number of benzene rings is 1. The van der Waals surface area contributed by atoms with E-state index in [1.165, 1.54) is 22.3 Å². The summed E-state index contributed by atoms with van der Waals surface area (Å²) in [6.45, 7) is 4.32. The molecule has 1 heteroatoms. The van der Waals surface area contributed by atoms with Crippen LogP contribution in [0.5, 0.6) is 0 Å². The Balaban J connectivity index is 2.56. The van der Waals surface area contributed by atoms with Gasteiger partial charge >= 0.3 is 0 Å². The normalized spacial score (nSPS) is 21.1. The Hall–Kier alpha value is -0.820. The molecule has 1 aromatic rings. The highest BCUT2D eigenvalue weighted by Crippen LogP contribution is 2.30. The summed E-state index contributed by atoms with van der Waals surface area (Å²) in [5.74, 6) is 0. The van der Waals surface area contributed by atoms with Crippen molar-refractivity contribution in [2.75, 3.05) is 0 Å². The van der Waals surface area contributed by atoms with E-state index in [4.69, 9.17) is 5.73 Å². The van der Waals surface area contributed by atoms with E-state index >= 15 is 0 Å². The number of hydrogen-bond donors (Lipinski definition) is 1. The summed E-state index contributed by atoms with van der Waals surface area (Å²) in [5.41, 5.74) is 11.6. The van der Waals surface area contributed by atoms with Gasteiger partial charge in [-0.3, -0.25) is 0 Å². The minimum atomic E-state index is 0.291. The molecule has 0 unspecified atom stereocenters. The molecule has 2 N–H and O–H groups in total. The Morgan fingerprint density at radius 2 is 1.92 bits per heavy atom. The van der Waals surface area contributed by atoms with Gasteiger partial charge < -0.3 is 5.73 Å². The molecule has 1 atom stereocenters. The zero-order valence-corrected chi connectivity index (χ0v) is 7.72. The summed E-state index contributed by atoms with van der Waals surface area (Å²) in [6.07, 6.45) is 2.29. The molecule has 0 bridgehead atoms. The van der Waals surface area contributed by atoms with Crippen LogP contribution in [-0.2, 0) is 6.42 Å². The molecule has 2 rings (SSSR count). The highest BCUT2D eigenvalue weighted by Gasteiger charge is 2.18. The Morgan fingerprint density at radius 3 is 2.67 bits per heavy atom. The molecule has 0 saturated heterocycles. The molecule has 0 spiro atoms. The fourth-order valence-corrected chi connectivity index (χ4v) is 1.93. The number of rotatable bonds is 0. The van der Waals surface area contributed by atoms with Gasteiger partial charge in [0, 0.05) is 6.04 Å². The van der Waals surface area contributed by atoms with Gasteiger partial charge in [-0.1, -0.05) is 12.1 Å². The predicted molar refractivity (Wildman–Crippen MR) is 51.2 cm³/mol. The predicted octanol–water partition coefficient (Wildman–Crippen LogP) is 2.25. The molecule has 12 heavy (non-hydrogen) atoms. The van der Waals surface area contributed by atoms with Crippen LogP contribution in [0.4, 0.5) is 0 Å². The Kier molecular flexibility index (Phi) is 1.69. The third-order valence-electron chi connectivity index (χ3n) is 2.88. The van der Waals surface area contributed by atoms with Gasteiger partial charge in [0.05, 0.1) is 0 Å². The lowest BCUT2D eigenvalue weighted by molar-refractivity contribution is 0.713. The van der Waals surface area contributed by atoms with Gasteiger partial charge in [0.25, 0.3) is 0 Å². The van der Waals surface area contributed by atoms with Crippen LogP contribution < -0.4 is 5.73 Å². The fraction of sp³-hybridized carbons (Fsp3) is 0.455. The highest BCUT2D eigenvalue weighted by molar-refractivity contribution is 5.41. The van der Waals surface area contributed by atoms with Crippen LogP contribution in [0.15, 0.2) is 12.1 Å². The second-order valence-corrected chi connectivity index (χ2v) is 3.78. The second kappa shape index (κ2) is 2.60. The van der Waals surface area contributed by atoms with Crippen LogP contribution in [-0.4, -0.2) is 0 Å². The third kappa shape index (κ3) is 1.05. The van der Waals surface area contributed by atoms with Crippen LogP contribution in [0.3, 0.4) is 0 Å². The first-order valence-electron chi connectivity index (χ1n) is 4.54. The summed E-state index contributed by atoms with van der Waals surface area (Å²) in [5, 5.41) is 0. The van der Waals surface area contributed by atoms with E-state index in [2.05, 4.69) is 26.0 Å². The first-order valence-corrected chi connectivity index (χ1v) is 4.54.